The number of ether oxygens (including phenoxy) is 1. The second-order valence-electron chi connectivity index (χ2n) is 4.90. The largest absolute Gasteiger partial charge is 0.488 e. The molecule has 1 atom stereocenters. The van der Waals surface area contributed by atoms with Gasteiger partial charge in [-0.2, -0.15) is 0 Å². The van der Waals surface area contributed by atoms with Crippen molar-refractivity contribution in [3.8, 4) is 5.75 Å². The third-order valence-corrected chi connectivity index (χ3v) is 3.38. The van der Waals surface area contributed by atoms with E-state index in [0.29, 0.717) is 18.1 Å². The number of benzene rings is 1. The van der Waals surface area contributed by atoms with Crippen molar-refractivity contribution in [3.05, 3.63) is 47.7 Å². The molecule has 1 unspecified atom stereocenters. The van der Waals surface area contributed by atoms with Gasteiger partial charge in [0.05, 0.1) is 17.8 Å². The number of nitrogens with one attached hydrogen (secondary N) is 1. The van der Waals surface area contributed by atoms with Gasteiger partial charge in [-0.3, -0.25) is 0 Å². The summed E-state index contributed by atoms with van der Waals surface area (Å²) >= 11 is 0. The molecular formula is C15H15N3O3. The Labute approximate surface area is 121 Å². The first-order valence-corrected chi connectivity index (χ1v) is 6.61. The second-order valence-corrected chi connectivity index (χ2v) is 4.90. The van der Waals surface area contributed by atoms with Gasteiger partial charge in [-0.1, -0.05) is 18.2 Å². The van der Waals surface area contributed by atoms with Crippen LogP contribution in [0, 0.1) is 0 Å². The number of nitrogens with zero attached hydrogens (tertiary/aromatic N) is 1. The Bertz CT molecular complexity index is 663. The van der Waals surface area contributed by atoms with Gasteiger partial charge in [0.15, 0.2) is 0 Å². The van der Waals surface area contributed by atoms with Crippen molar-refractivity contribution in [3.63, 3.8) is 0 Å². The number of rotatable bonds is 4. The number of nitrogen functional groups attached to an aromatic ring is 1. The Balaban J connectivity index is 1.63. The molecule has 108 valence electrons. The van der Waals surface area contributed by atoms with E-state index in [1.807, 2.05) is 24.3 Å². The van der Waals surface area contributed by atoms with Crippen LogP contribution in [0.3, 0.4) is 0 Å². The number of carbonyl (C=O) groups is 1. The van der Waals surface area contributed by atoms with Crippen molar-refractivity contribution in [1.82, 2.24) is 4.98 Å². The van der Waals surface area contributed by atoms with E-state index < -0.39 is 5.97 Å². The molecule has 0 fully saturated rings. The lowest BCUT2D eigenvalue weighted by Crippen LogP contribution is -2.24. The van der Waals surface area contributed by atoms with Gasteiger partial charge >= 0.3 is 5.97 Å². The van der Waals surface area contributed by atoms with Crippen LogP contribution in [0.5, 0.6) is 5.75 Å². The number of hydrogen-bond donors (Lipinski definition) is 3. The molecule has 0 saturated heterocycles. The van der Waals surface area contributed by atoms with Gasteiger partial charge in [-0.05, 0) is 17.7 Å². The molecule has 0 saturated carbocycles. The number of aromatic carboxylic acids is 1. The molecule has 1 aromatic carbocycles. The number of fused-ring (bicyclic) bond motifs is 1. The van der Waals surface area contributed by atoms with Crippen LogP contribution in [0.1, 0.15) is 15.9 Å². The van der Waals surface area contributed by atoms with E-state index in [1.165, 1.54) is 17.8 Å². The number of pyridine rings is 1. The van der Waals surface area contributed by atoms with Gasteiger partial charge in [0.2, 0.25) is 0 Å². The third-order valence-electron chi connectivity index (χ3n) is 3.38. The fourth-order valence-electron chi connectivity index (χ4n) is 2.32. The van der Waals surface area contributed by atoms with E-state index in [-0.39, 0.29) is 11.7 Å². The van der Waals surface area contributed by atoms with Crippen LogP contribution in [0.25, 0.3) is 0 Å². The summed E-state index contributed by atoms with van der Waals surface area (Å²) in [5.74, 6) is 0.335. The first-order chi connectivity index (χ1) is 10.1. The molecule has 1 aliphatic heterocycles. The highest BCUT2D eigenvalue weighted by molar-refractivity contribution is 5.89. The molecule has 3 rings (SSSR count). The van der Waals surface area contributed by atoms with Crippen LogP contribution in [0.2, 0.25) is 0 Å². The zero-order chi connectivity index (χ0) is 14.8. The van der Waals surface area contributed by atoms with Gasteiger partial charge in [0, 0.05) is 12.6 Å². The molecular weight excluding hydrogens is 270 g/mol. The smallest absolute Gasteiger partial charge is 0.337 e. The maximum Gasteiger partial charge on any atom is 0.337 e. The summed E-state index contributed by atoms with van der Waals surface area (Å²) in [6.45, 7) is 0.554. The predicted molar refractivity (Wildman–Crippen MR) is 78.7 cm³/mol. The van der Waals surface area contributed by atoms with Gasteiger partial charge in [0.25, 0.3) is 0 Å². The fourth-order valence-corrected chi connectivity index (χ4v) is 2.32. The minimum Gasteiger partial charge on any atom is -0.488 e. The lowest BCUT2D eigenvalue weighted by molar-refractivity contribution is 0.0696. The molecule has 0 aliphatic carbocycles. The number of anilines is 2. The van der Waals surface area contributed by atoms with Crippen molar-refractivity contribution < 1.29 is 14.6 Å². The molecule has 1 aliphatic rings. The molecule has 21 heavy (non-hydrogen) atoms. The summed E-state index contributed by atoms with van der Waals surface area (Å²) in [5.41, 5.74) is 7.37. The van der Waals surface area contributed by atoms with E-state index in [4.69, 9.17) is 15.6 Å². The first-order valence-electron chi connectivity index (χ1n) is 6.61. The van der Waals surface area contributed by atoms with E-state index in [0.717, 1.165) is 12.2 Å². The zero-order valence-corrected chi connectivity index (χ0v) is 11.2. The Morgan fingerprint density at radius 3 is 3.00 bits per heavy atom. The Kier molecular flexibility index (Phi) is 3.35. The number of nitrogens with two attached hydrogens (primary N) is 1. The monoisotopic (exact) mass is 285 g/mol. The summed E-state index contributed by atoms with van der Waals surface area (Å²) in [4.78, 5) is 14.9. The predicted octanol–water partition coefficient (Wildman–Crippen LogP) is 1.78. The number of para-hydroxylation sites is 1. The Hall–Kier alpha value is -2.76. The Morgan fingerprint density at radius 1 is 1.48 bits per heavy atom. The summed E-state index contributed by atoms with van der Waals surface area (Å²) in [6.07, 6.45) is 2.13. The number of carboxylic acids is 1. The van der Waals surface area contributed by atoms with Crippen LogP contribution >= 0.6 is 0 Å². The fraction of sp³-hybridized carbons (Fsp3) is 0.200. The summed E-state index contributed by atoms with van der Waals surface area (Å²) in [6, 6.07) is 9.32. The number of aromatic nitrogens is 1. The quantitative estimate of drug-likeness (QED) is 0.792. The van der Waals surface area contributed by atoms with Crippen molar-refractivity contribution in [1.29, 1.82) is 0 Å². The average molecular weight is 285 g/mol. The SMILES string of the molecule is Nc1cc(C(=O)O)cnc1NCC1Cc2ccccc2O1. The average Bonchev–Trinajstić information content (AvgIpc) is 2.88. The van der Waals surface area contributed by atoms with Gasteiger partial charge in [-0.25, -0.2) is 9.78 Å². The molecule has 0 amide bonds. The zero-order valence-electron chi connectivity index (χ0n) is 11.2. The standard InChI is InChI=1S/C15H15N3O3/c16-12-6-10(15(19)20)7-17-14(12)18-8-11-5-9-3-1-2-4-13(9)21-11/h1-4,6-7,11H,5,8,16H2,(H,17,18)(H,19,20). The van der Waals surface area contributed by atoms with Crippen LogP contribution in [0.4, 0.5) is 11.5 Å². The maximum absolute atomic E-state index is 10.8. The number of carboxylic acid groups (broad SMARTS) is 1. The molecule has 0 radical (unpaired) electrons. The molecule has 0 spiro atoms. The third kappa shape index (κ3) is 2.74. The first kappa shape index (κ1) is 13.2. The summed E-state index contributed by atoms with van der Waals surface area (Å²) < 4.78 is 5.81. The van der Waals surface area contributed by atoms with Gasteiger partial charge in [0.1, 0.15) is 17.7 Å². The topological polar surface area (TPSA) is 97.5 Å². The number of hydrogen-bond acceptors (Lipinski definition) is 5. The highest BCUT2D eigenvalue weighted by Crippen LogP contribution is 2.28. The van der Waals surface area contributed by atoms with Crippen LogP contribution in [-0.2, 0) is 6.42 Å². The Morgan fingerprint density at radius 2 is 2.29 bits per heavy atom. The maximum atomic E-state index is 10.8. The van der Waals surface area contributed by atoms with Gasteiger partial charge < -0.3 is 20.9 Å². The molecule has 6 heteroatoms. The van der Waals surface area contributed by atoms with Crippen molar-refractivity contribution in [2.45, 2.75) is 12.5 Å². The lowest BCUT2D eigenvalue weighted by atomic mass is 10.1. The second kappa shape index (κ2) is 5.32. The molecule has 1 aromatic heterocycles. The van der Waals surface area contributed by atoms with Crippen LogP contribution in [-0.4, -0.2) is 28.7 Å². The minimum absolute atomic E-state index is 0.0164. The van der Waals surface area contributed by atoms with E-state index >= 15 is 0 Å². The summed E-state index contributed by atoms with van der Waals surface area (Å²) in [5, 5.41) is 12.0. The highest BCUT2D eigenvalue weighted by atomic mass is 16.5. The van der Waals surface area contributed by atoms with Crippen LogP contribution < -0.4 is 15.8 Å². The van der Waals surface area contributed by atoms with Crippen LogP contribution in [0.15, 0.2) is 36.5 Å². The molecule has 6 nitrogen and oxygen atoms in total. The minimum atomic E-state index is -1.05. The molecule has 2 heterocycles. The van der Waals surface area contributed by atoms with E-state index in [2.05, 4.69) is 10.3 Å². The molecule has 0 bridgehead atoms. The highest BCUT2D eigenvalue weighted by Gasteiger charge is 2.22. The van der Waals surface area contributed by atoms with E-state index in [1.54, 1.807) is 0 Å². The molecule has 2 aromatic rings. The van der Waals surface area contributed by atoms with E-state index in [9.17, 15) is 4.79 Å². The lowest BCUT2D eigenvalue weighted by Gasteiger charge is -2.13. The van der Waals surface area contributed by atoms with Crippen molar-refractivity contribution in [2.75, 3.05) is 17.6 Å². The normalized spacial score (nSPS) is 16.1. The van der Waals surface area contributed by atoms with Crippen molar-refractivity contribution in [2.24, 2.45) is 0 Å². The van der Waals surface area contributed by atoms with Crippen molar-refractivity contribution >= 4 is 17.5 Å². The molecule has 4 N–H and O–H groups in total. The van der Waals surface area contributed by atoms with Gasteiger partial charge in [-0.15, -0.1) is 0 Å². The summed E-state index contributed by atoms with van der Waals surface area (Å²) in [7, 11) is 0.